The van der Waals surface area contributed by atoms with E-state index in [4.69, 9.17) is 0 Å². The van der Waals surface area contributed by atoms with Crippen LogP contribution in [-0.2, 0) is 0 Å². The first-order chi connectivity index (χ1) is 20.8. The Morgan fingerprint density at radius 2 is 1.05 bits per heavy atom. The van der Waals surface area contributed by atoms with Crippen molar-refractivity contribution in [1.29, 1.82) is 0 Å². The summed E-state index contributed by atoms with van der Waals surface area (Å²) in [6.07, 6.45) is 0. The monoisotopic (exact) mass is 551 g/mol. The second-order valence-electron chi connectivity index (χ2n) is 10.9. The highest BCUT2D eigenvalue weighted by Gasteiger charge is 2.15. The SMILES string of the molecule is c1ccc2c(-c3ccc(-n4c5ccccc5c5cc(-c6cccc7c6sc6ccccc67)ccc54)cc3)cccc2c1. The summed E-state index contributed by atoms with van der Waals surface area (Å²) in [5.41, 5.74) is 8.67. The van der Waals surface area contributed by atoms with Crippen LogP contribution in [0.2, 0.25) is 0 Å². The molecule has 0 amide bonds. The van der Waals surface area contributed by atoms with Crippen molar-refractivity contribution in [2.24, 2.45) is 0 Å². The van der Waals surface area contributed by atoms with Crippen molar-refractivity contribution in [2.75, 3.05) is 0 Å². The van der Waals surface area contributed by atoms with Gasteiger partial charge in [-0.25, -0.2) is 0 Å². The van der Waals surface area contributed by atoms with Crippen LogP contribution >= 0.6 is 11.3 Å². The third-order valence-electron chi connectivity index (χ3n) is 8.61. The predicted octanol–water partition coefficient (Wildman–Crippen LogP) is 11.6. The third kappa shape index (κ3) is 3.49. The lowest BCUT2D eigenvalue weighted by Crippen LogP contribution is -1.94. The Balaban J connectivity index is 1.21. The van der Waals surface area contributed by atoms with Crippen molar-refractivity contribution in [3.8, 4) is 27.9 Å². The first kappa shape index (κ1) is 23.5. The lowest BCUT2D eigenvalue weighted by Gasteiger charge is -2.11. The minimum absolute atomic E-state index is 1.17. The fraction of sp³-hybridized carbons (Fsp3) is 0. The zero-order valence-corrected chi connectivity index (χ0v) is 23.6. The largest absolute Gasteiger partial charge is 0.309 e. The zero-order valence-electron chi connectivity index (χ0n) is 22.8. The van der Waals surface area contributed by atoms with Gasteiger partial charge in [-0.1, -0.05) is 115 Å². The highest BCUT2D eigenvalue weighted by Crippen LogP contribution is 2.42. The molecule has 9 aromatic rings. The molecule has 2 heterocycles. The molecule has 0 radical (unpaired) electrons. The maximum absolute atomic E-state index is 2.40. The van der Waals surface area contributed by atoms with Gasteiger partial charge in [-0.2, -0.15) is 0 Å². The molecule has 0 N–H and O–H groups in total. The van der Waals surface area contributed by atoms with Crippen LogP contribution in [0.25, 0.3) is 80.7 Å². The molecule has 0 aliphatic rings. The molecule has 0 aliphatic carbocycles. The van der Waals surface area contributed by atoms with E-state index < -0.39 is 0 Å². The van der Waals surface area contributed by atoms with Crippen molar-refractivity contribution >= 4 is 64.1 Å². The average molecular weight is 552 g/mol. The first-order valence-electron chi connectivity index (χ1n) is 14.4. The molecule has 2 heteroatoms. The van der Waals surface area contributed by atoms with Crippen LogP contribution in [0.1, 0.15) is 0 Å². The van der Waals surface area contributed by atoms with Crippen LogP contribution in [0, 0.1) is 0 Å². The number of benzene rings is 7. The molecular weight excluding hydrogens is 527 g/mol. The fourth-order valence-corrected chi connectivity index (χ4v) is 7.90. The van der Waals surface area contributed by atoms with Crippen molar-refractivity contribution in [1.82, 2.24) is 4.57 Å². The number of nitrogens with zero attached hydrogens (tertiary/aromatic N) is 1. The zero-order chi connectivity index (χ0) is 27.6. The van der Waals surface area contributed by atoms with Crippen LogP contribution in [0.4, 0.5) is 0 Å². The van der Waals surface area contributed by atoms with Crippen molar-refractivity contribution in [3.05, 3.63) is 152 Å². The lowest BCUT2D eigenvalue weighted by atomic mass is 9.98. The Labute approximate surface area is 247 Å². The second-order valence-corrected chi connectivity index (χ2v) is 12.0. The Morgan fingerprint density at radius 3 is 1.95 bits per heavy atom. The quantitative estimate of drug-likeness (QED) is 0.206. The molecule has 9 rings (SSSR count). The summed E-state index contributed by atoms with van der Waals surface area (Å²) in [5.74, 6) is 0. The van der Waals surface area contributed by atoms with Gasteiger partial charge >= 0.3 is 0 Å². The molecule has 7 aromatic carbocycles. The van der Waals surface area contributed by atoms with E-state index in [-0.39, 0.29) is 0 Å². The molecule has 0 saturated carbocycles. The summed E-state index contributed by atoms with van der Waals surface area (Å²) in [5, 5.41) is 7.77. The second kappa shape index (κ2) is 9.17. The summed E-state index contributed by atoms with van der Waals surface area (Å²) in [7, 11) is 0. The van der Waals surface area contributed by atoms with E-state index in [1.807, 2.05) is 11.3 Å². The lowest BCUT2D eigenvalue weighted by molar-refractivity contribution is 1.18. The normalized spacial score (nSPS) is 11.8. The van der Waals surface area contributed by atoms with Gasteiger partial charge in [0.05, 0.1) is 11.0 Å². The number of thiophene rings is 1. The Morgan fingerprint density at radius 1 is 0.405 bits per heavy atom. The molecular formula is C40H25NS. The van der Waals surface area contributed by atoms with Crippen molar-refractivity contribution in [3.63, 3.8) is 0 Å². The minimum Gasteiger partial charge on any atom is -0.309 e. The maximum atomic E-state index is 2.40. The molecule has 1 nitrogen and oxygen atoms in total. The topological polar surface area (TPSA) is 4.93 Å². The van der Waals surface area contributed by atoms with Gasteiger partial charge in [0.2, 0.25) is 0 Å². The van der Waals surface area contributed by atoms with Crippen LogP contribution in [0.3, 0.4) is 0 Å². The van der Waals surface area contributed by atoms with Gasteiger partial charge in [-0.05, 0) is 69.4 Å². The average Bonchev–Trinajstić information content (AvgIpc) is 3.60. The van der Waals surface area contributed by atoms with Gasteiger partial charge < -0.3 is 4.57 Å². The molecule has 196 valence electrons. The molecule has 42 heavy (non-hydrogen) atoms. The van der Waals surface area contributed by atoms with E-state index in [0.29, 0.717) is 0 Å². The molecule has 0 saturated heterocycles. The number of fused-ring (bicyclic) bond motifs is 7. The van der Waals surface area contributed by atoms with Gasteiger partial charge in [-0.3, -0.25) is 0 Å². The molecule has 0 spiro atoms. The van der Waals surface area contributed by atoms with Crippen molar-refractivity contribution < 1.29 is 0 Å². The Hall–Kier alpha value is -5.18. The van der Waals surface area contributed by atoms with E-state index in [1.165, 1.54) is 80.7 Å². The van der Waals surface area contributed by atoms with Crippen LogP contribution < -0.4 is 0 Å². The molecule has 0 aliphatic heterocycles. The van der Waals surface area contributed by atoms with E-state index >= 15 is 0 Å². The van der Waals surface area contributed by atoms with Crippen LogP contribution in [0.5, 0.6) is 0 Å². The van der Waals surface area contributed by atoms with E-state index in [2.05, 4.69) is 156 Å². The summed E-state index contributed by atoms with van der Waals surface area (Å²) in [6.45, 7) is 0. The summed E-state index contributed by atoms with van der Waals surface area (Å²) in [6, 6.07) is 55.4. The maximum Gasteiger partial charge on any atom is 0.0541 e. The Kier molecular flexibility index (Phi) is 5.13. The molecule has 2 aromatic heterocycles. The van der Waals surface area contributed by atoms with Crippen LogP contribution in [-0.4, -0.2) is 4.57 Å². The number of hydrogen-bond donors (Lipinski definition) is 0. The minimum atomic E-state index is 1.17. The highest BCUT2D eigenvalue weighted by molar-refractivity contribution is 7.26. The van der Waals surface area contributed by atoms with Crippen molar-refractivity contribution in [2.45, 2.75) is 0 Å². The summed E-state index contributed by atoms with van der Waals surface area (Å²) < 4.78 is 5.09. The van der Waals surface area contributed by atoms with E-state index in [0.717, 1.165) is 0 Å². The van der Waals surface area contributed by atoms with E-state index in [9.17, 15) is 0 Å². The first-order valence-corrected chi connectivity index (χ1v) is 15.2. The number of aromatic nitrogens is 1. The summed E-state index contributed by atoms with van der Waals surface area (Å²) >= 11 is 1.89. The number of para-hydroxylation sites is 1. The fourth-order valence-electron chi connectivity index (χ4n) is 6.66. The molecule has 0 fully saturated rings. The van der Waals surface area contributed by atoms with E-state index in [1.54, 1.807) is 0 Å². The van der Waals surface area contributed by atoms with Gasteiger partial charge in [0, 0.05) is 36.6 Å². The Bertz CT molecular complexity index is 2450. The van der Waals surface area contributed by atoms with Crippen LogP contribution in [0.15, 0.2) is 152 Å². The molecule has 0 atom stereocenters. The molecule has 0 bridgehead atoms. The van der Waals surface area contributed by atoms with Gasteiger partial charge in [-0.15, -0.1) is 11.3 Å². The third-order valence-corrected chi connectivity index (χ3v) is 9.83. The highest BCUT2D eigenvalue weighted by atomic mass is 32.1. The smallest absolute Gasteiger partial charge is 0.0541 e. The summed E-state index contributed by atoms with van der Waals surface area (Å²) in [4.78, 5) is 0. The number of rotatable bonds is 3. The van der Waals surface area contributed by atoms with Gasteiger partial charge in [0.1, 0.15) is 0 Å². The van der Waals surface area contributed by atoms with Gasteiger partial charge in [0.15, 0.2) is 0 Å². The standard InChI is InChI=1S/C40H25NS/c1-2-11-30-26(9-1)10-7-14-31(30)27-19-22-29(23-20-27)41-37-17-5-3-12-33(37)36-25-28(21-24-38(36)41)32-15-8-16-35-34-13-4-6-18-39(34)42-40(32)35/h1-25H. The molecule has 0 unspecified atom stereocenters. The predicted molar refractivity (Wildman–Crippen MR) is 182 cm³/mol. The van der Waals surface area contributed by atoms with Gasteiger partial charge in [0.25, 0.3) is 0 Å². The number of hydrogen-bond acceptors (Lipinski definition) is 1.